The monoisotopic (exact) mass is 338 g/mol. The minimum atomic E-state index is -4.43. The third kappa shape index (κ3) is 3.02. The SMILES string of the molecule is CCOC(=O)c1cnc2cc(C(F)(F)F)ccc2c1N1CCCC1. The molecule has 0 bridgehead atoms. The number of esters is 1. The number of halogens is 3. The van der Waals surface area contributed by atoms with Gasteiger partial charge in [-0.2, -0.15) is 13.2 Å². The van der Waals surface area contributed by atoms with Crippen LogP contribution in [0.25, 0.3) is 10.9 Å². The number of nitrogens with zero attached hydrogens (tertiary/aromatic N) is 2. The molecule has 1 aromatic carbocycles. The zero-order chi connectivity index (χ0) is 17.3. The van der Waals surface area contributed by atoms with Crippen LogP contribution in [0.3, 0.4) is 0 Å². The van der Waals surface area contributed by atoms with Gasteiger partial charge in [0.05, 0.1) is 23.4 Å². The van der Waals surface area contributed by atoms with Gasteiger partial charge < -0.3 is 9.64 Å². The van der Waals surface area contributed by atoms with Crippen molar-refractivity contribution in [1.82, 2.24) is 4.98 Å². The Morgan fingerprint density at radius 2 is 2.00 bits per heavy atom. The second-order valence-corrected chi connectivity index (χ2v) is 5.66. The molecule has 0 aliphatic carbocycles. The summed E-state index contributed by atoms with van der Waals surface area (Å²) in [5, 5.41) is 0.537. The van der Waals surface area contributed by atoms with Crippen LogP contribution < -0.4 is 4.90 Å². The second-order valence-electron chi connectivity index (χ2n) is 5.66. The Morgan fingerprint density at radius 3 is 2.62 bits per heavy atom. The lowest BCUT2D eigenvalue weighted by molar-refractivity contribution is -0.137. The first kappa shape index (κ1) is 16.5. The van der Waals surface area contributed by atoms with Gasteiger partial charge in [0, 0.05) is 24.7 Å². The molecule has 0 radical (unpaired) electrons. The number of aromatic nitrogens is 1. The first-order valence-corrected chi connectivity index (χ1v) is 7.84. The standard InChI is InChI=1S/C17H17F3N2O2/c1-2-24-16(23)13-10-21-14-9-11(17(18,19)20)5-6-12(14)15(13)22-7-3-4-8-22/h5-6,9-10H,2-4,7-8H2,1H3. The molecule has 24 heavy (non-hydrogen) atoms. The number of anilines is 1. The van der Waals surface area contributed by atoms with Crippen LogP contribution in [-0.2, 0) is 10.9 Å². The van der Waals surface area contributed by atoms with Crippen LogP contribution in [0.1, 0.15) is 35.7 Å². The predicted molar refractivity (Wildman–Crippen MR) is 84.1 cm³/mol. The Kier molecular flexibility index (Phi) is 4.34. The molecule has 0 amide bonds. The summed E-state index contributed by atoms with van der Waals surface area (Å²) in [6.07, 6.45) is -1.16. The van der Waals surface area contributed by atoms with Gasteiger partial charge in [-0.3, -0.25) is 4.98 Å². The van der Waals surface area contributed by atoms with E-state index < -0.39 is 17.7 Å². The molecule has 0 spiro atoms. The van der Waals surface area contributed by atoms with Gasteiger partial charge in [-0.15, -0.1) is 0 Å². The molecule has 1 aliphatic rings. The molecule has 7 heteroatoms. The Bertz CT molecular complexity index is 768. The molecule has 2 heterocycles. The quantitative estimate of drug-likeness (QED) is 0.793. The summed E-state index contributed by atoms with van der Waals surface area (Å²) >= 11 is 0. The van der Waals surface area contributed by atoms with Crippen molar-refractivity contribution >= 4 is 22.6 Å². The van der Waals surface area contributed by atoms with Crippen molar-refractivity contribution in [3.05, 3.63) is 35.5 Å². The molecule has 0 atom stereocenters. The highest BCUT2D eigenvalue weighted by Crippen LogP contribution is 2.36. The van der Waals surface area contributed by atoms with Gasteiger partial charge >= 0.3 is 12.1 Å². The topological polar surface area (TPSA) is 42.4 Å². The smallest absolute Gasteiger partial charge is 0.416 e. The molecule has 2 aromatic rings. The molecular formula is C17H17F3N2O2. The average Bonchev–Trinajstić information content (AvgIpc) is 3.06. The normalized spacial score (nSPS) is 15.1. The van der Waals surface area contributed by atoms with E-state index in [2.05, 4.69) is 4.98 Å². The predicted octanol–water partition coefficient (Wildman–Crippen LogP) is 4.03. The lowest BCUT2D eigenvalue weighted by atomic mass is 10.1. The fraction of sp³-hybridized carbons (Fsp3) is 0.412. The number of hydrogen-bond acceptors (Lipinski definition) is 4. The molecule has 4 nitrogen and oxygen atoms in total. The van der Waals surface area contributed by atoms with E-state index >= 15 is 0 Å². The van der Waals surface area contributed by atoms with Gasteiger partial charge in [0.25, 0.3) is 0 Å². The summed E-state index contributed by atoms with van der Waals surface area (Å²) < 4.78 is 43.8. The number of carbonyl (C=O) groups is 1. The number of rotatable bonds is 3. The van der Waals surface area contributed by atoms with E-state index in [-0.39, 0.29) is 12.1 Å². The minimum absolute atomic E-state index is 0.222. The van der Waals surface area contributed by atoms with Gasteiger partial charge in [-0.1, -0.05) is 6.07 Å². The molecule has 1 aromatic heterocycles. The minimum Gasteiger partial charge on any atom is -0.462 e. The van der Waals surface area contributed by atoms with E-state index in [4.69, 9.17) is 4.74 Å². The Balaban J connectivity index is 2.18. The molecular weight excluding hydrogens is 321 g/mol. The van der Waals surface area contributed by atoms with Crippen LogP contribution in [0.2, 0.25) is 0 Å². The summed E-state index contributed by atoms with van der Waals surface area (Å²) in [5.41, 5.74) is 0.384. The average molecular weight is 338 g/mol. The van der Waals surface area contributed by atoms with Gasteiger partial charge in [0.2, 0.25) is 0 Å². The highest BCUT2D eigenvalue weighted by Gasteiger charge is 2.31. The molecule has 0 saturated carbocycles. The van der Waals surface area contributed by atoms with E-state index in [1.165, 1.54) is 12.3 Å². The number of pyridine rings is 1. The zero-order valence-corrected chi connectivity index (χ0v) is 13.2. The van der Waals surface area contributed by atoms with E-state index in [1.54, 1.807) is 6.92 Å². The second kappa shape index (κ2) is 6.30. The number of alkyl halides is 3. The van der Waals surface area contributed by atoms with Crippen molar-refractivity contribution in [2.75, 3.05) is 24.6 Å². The zero-order valence-electron chi connectivity index (χ0n) is 13.2. The maximum Gasteiger partial charge on any atom is 0.416 e. The van der Waals surface area contributed by atoms with Crippen molar-refractivity contribution in [2.24, 2.45) is 0 Å². The van der Waals surface area contributed by atoms with Gasteiger partial charge in [0.1, 0.15) is 5.56 Å². The van der Waals surface area contributed by atoms with E-state index in [0.717, 1.165) is 38.1 Å². The third-order valence-electron chi connectivity index (χ3n) is 4.09. The Hall–Kier alpha value is -2.31. The lowest BCUT2D eigenvalue weighted by Gasteiger charge is -2.22. The van der Waals surface area contributed by atoms with Gasteiger partial charge in [-0.05, 0) is 31.9 Å². The van der Waals surface area contributed by atoms with E-state index in [1.807, 2.05) is 4.90 Å². The van der Waals surface area contributed by atoms with E-state index in [0.29, 0.717) is 16.6 Å². The molecule has 0 unspecified atom stereocenters. The van der Waals surface area contributed by atoms with Crippen LogP contribution in [0, 0.1) is 0 Å². The van der Waals surface area contributed by atoms with Crippen molar-refractivity contribution in [1.29, 1.82) is 0 Å². The fourth-order valence-corrected chi connectivity index (χ4v) is 2.99. The number of hydrogen-bond donors (Lipinski definition) is 0. The maximum absolute atomic E-state index is 12.9. The first-order chi connectivity index (χ1) is 11.4. The number of benzene rings is 1. The number of fused-ring (bicyclic) bond motifs is 1. The van der Waals surface area contributed by atoms with Crippen molar-refractivity contribution in [3.63, 3.8) is 0 Å². The highest BCUT2D eigenvalue weighted by molar-refractivity contribution is 6.05. The van der Waals surface area contributed by atoms with Crippen LogP contribution in [0.5, 0.6) is 0 Å². The molecule has 3 rings (SSSR count). The highest BCUT2D eigenvalue weighted by atomic mass is 19.4. The van der Waals surface area contributed by atoms with Crippen LogP contribution in [-0.4, -0.2) is 30.6 Å². The summed E-state index contributed by atoms with van der Waals surface area (Å²) in [6.45, 7) is 3.44. The molecule has 1 aliphatic heterocycles. The molecule has 1 fully saturated rings. The van der Waals surface area contributed by atoms with Crippen molar-refractivity contribution < 1.29 is 22.7 Å². The lowest BCUT2D eigenvalue weighted by Crippen LogP contribution is -2.22. The van der Waals surface area contributed by atoms with Crippen molar-refractivity contribution in [2.45, 2.75) is 25.9 Å². The van der Waals surface area contributed by atoms with Crippen LogP contribution in [0.4, 0.5) is 18.9 Å². The first-order valence-electron chi connectivity index (χ1n) is 7.84. The number of carbonyl (C=O) groups excluding carboxylic acids is 1. The Morgan fingerprint density at radius 1 is 1.29 bits per heavy atom. The maximum atomic E-state index is 12.9. The van der Waals surface area contributed by atoms with E-state index in [9.17, 15) is 18.0 Å². The molecule has 1 saturated heterocycles. The summed E-state index contributed by atoms with van der Waals surface area (Å²) in [6, 6.07) is 3.43. The van der Waals surface area contributed by atoms with Crippen molar-refractivity contribution in [3.8, 4) is 0 Å². The van der Waals surface area contributed by atoms with Crippen LogP contribution in [0.15, 0.2) is 24.4 Å². The third-order valence-corrected chi connectivity index (χ3v) is 4.09. The summed E-state index contributed by atoms with van der Waals surface area (Å²) in [5.74, 6) is -0.506. The summed E-state index contributed by atoms with van der Waals surface area (Å²) in [4.78, 5) is 18.3. The van der Waals surface area contributed by atoms with Crippen LogP contribution >= 0.6 is 0 Å². The van der Waals surface area contributed by atoms with Gasteiger partial charge in [0.15, 0.2) is 0 Å². The largest absolute Gasteiger partial charge is 0.462 e. The fourth-order valence-electron chi connectivity index (χ4n) is 2.99. The molecule has 0 N–H and O–H groups in total. The molecule has 128 valence electrons. The number of ether oxygens (including phenoxy) is 1. The van der Waals surface area contributed by atoms with Gasteiger partial charge in [-0.25, -0.2) is 4.79 Å². The Labute approximate surface area is 137 Å². The summed E-state index contributed by atoms with van der Waals surface area (Å²) in [7, 11) is 0.